The first-order chi connectivity index (χ1) is 10.1. The van der Waals surface area contributed by atoms with Crippen molar-refractivity contribution in [2.24, 2.45) is 5.41 Å². The number of ether oxygens (including phenoxy) is 1. The van der Waals surface area contributed by atoms with Crippen LogP contribution >= 0.6 is 11.6 Å². The number of ketones is 1. The summed E-state index contributed by atoms with van der Waals surface area (Å²) in [6.07, 6.45) is 0. The summed E-state index contributed by atoms with van der Waals surface area (Å²) >= 11 is 6.21. The first-order valence-electron chi connectivity index (χ1n) is 7.01. The van der Waals surface area contributed by atoms with Crippen molar-refractivity contribution in [2.75, 3.05) is 6.61 Å². The molecule has 0 N–H and O–H groups in total. The number of carbonyl (C=O) groups is 1. The molecule has 0 unspecified atom stereocenters. The summed E-state index contributed by atoms with van der Waals surface area (Å²) < 4.78 is 10.8. The Balaban J connectivity index is 2.41. The Hall–Kier alpha value is -1.81. The van der Waals surface area contributed by atoms with Crippen LogP contribution in [0.1, 0.15) is 31.9 Å². The SMILES string of the molecule is Cc1c(C)c2cc(Cl)c(OCC(=O)C(C)(C)C)cc2oc1=O. The van der Waals surface area contributed by atoms with E-state index in [1.807, 2.05) is 27.7 Å². The zero-order chi connectivity index (χ0) is 16.7. The van der Waals surface area contributed by atoms with Crippen molar-refractivity contribution in [1.29, 1.82) is 0 Å². The van der Waals surface area contributed by atoms with E-state index < -0.39 is 5.41 Å². The Kier molecular flexibility index (Phi) is 4.34. The van der Waals surface area contributed by atoms with E-state index in [0.717, 1.165) is 10.9 Å². The Morgan fingerprint density at radius 3 is 2.45 bits per heavy atom. The summed E-state index contributed by atoms with van der Waals surface area (Å²) in [6.45, 7) is 8.95. The van der Waals surface area contributed by atoms with E-state index in [1.165, 1.54) is 0 Å². The van der Waals surface area contributed by atoms with Crippen LogP contribution in [0, 0.1) is 19.3 Å². The van der Waals surface area contributed by atoms with Crippen LogP contribution in [-0.4, -0.2) is 12.4 Å². The molecule has 5 heteroatoms. The van der Waals surface area contributed by atoms with Crippen molar-refractivity contribution in [3.63, 3.8) is 0 Å². The fourth-order valence-electron chi connectivity index (χ4n) is 1.91. The highest BCUT2D eigenvalue weighted by Gasteiger charge is 2.22. The molecule has 0 spiro atoms. The molecule has 2 rings (SSSR count). The molecule has 22 heavy (non-hydrogen) atoms. The lowest BCUT2D eigenvalue weighted by molar-refractivity contribution is -0.128. The van der Waals surface area contributed by atoms with Crippen LogP contribution in [0.3, 0.4) is 0 Å². The molecule has 0 radical (unpaired) electrons. The van der Waals surface area contributed by atoms with Crippen LogP contribution in [0.15, 0.2) is 21.3 Å². The Morgan fingerprint density at radius 1 is 1.23 bits per heavy atom. The normalized spacial score (nSPS) is 11.7. The van der Waals surface area contributed by atoms with Crippen LogP contribution < -0.4 is 10.4 Å². The molecule has 0 saturated carbocycles. The van der Waals surface area contributed by atoms with Crippen molar-refractivity contribution < 1.29 is 13.9 Å². The lowest BCUT2D eigenvalue weighted by atomic mass is 9.91. The minimum atomic E-state index is -0.483. The predicted molar refractivity (Wildman–Crippen MR) is 86.9 cm³/mol. The van der Waals surface area contributed by atoms with Gasteiger partial charge >= 0.3 is 5.63 Å². The monoisotopic (exact) mass is 322 g/mol. The van der Waals surface area contributed by atoms with E-state index in [9.17, 15) is 9.59 Å². The van der Waals surface area contributed by atoms with Crippen molar-refractivity contribution >= 4 is 28.4 Å². The molecule has 118 valence electrons. The van der Waals surface area contributed by atoms with Gasteiger partial charge in [0, 0.05) is 22.4 Å². The van der Waals surface area contributed by atoms with Gasteiger partial charge in [0.25, 0.3) is 0 Å². The number of aryl methyl sites for hydroxylation is 1. The lowest BCUT2D eigenvalue weighted by Crippen LogP contribution is -2.26. The first-order valence-corrected chi connectivity index (χ1v) is 7.38. The van der Waals surface area contributed by atoms with Crippen molar-refractivity contribution in [2.45, 2.75) is 34.6 Å². The number of rotatable bonds is 3. The molecule has 1 heterocycles. The zero-order valence-electron chi connectivity index (χ0n) is 13.4. The van der Waals surface area contributed by atoms with Crippen LogP contribution in [0.5, 0.6) is 5.75 Å². The molecule has 0 amide bonds. The summed E-state index contributed by atoms with van der Waals surface area (Å²) in [7, 11) is 0. The highest BCUT2D eigenvalue weighted by molar-refractivity contribution is 6.32. The first kappa shape index (κ1) is 16.6. The molecule has 0 bridgehead atoms. The van der Waals surface area contributed by atoms with Gasteiger partial charge in [-0.1, -0.05) is 32.4 Å². The molecule has 0 saturated heterocycles. The van der Waals surface area contributed by atoms with Crippen LogP contribution in [0.25, 0.3) is 11.0 Å². The summed E-state index contributed by atoms with van der Waals surface area (Å²) in [5.41, 5.74) is 0.911. The smallest absolute Gasteiger partial charge is 0.339 e. The summed E-state index contributed by atoms with van der Waals surface area (Å²) in [6, 6.07) is 3.25. The largest absolute Gasteiger partial charge is 0.484 e. The maximum atomic E-state index is 11.9. The molecular weight excluding hydrogens is 304 g/mol. The standard InChI is InChI=1S/C17H19ClO4/c1-9-10(2)16(20)22-13-7-14(12(18)6-11(9)13)21-8-15(19)17(3,4)5/h6-7H,8H2,1-5H3. The summed E-state index contributed by atoms with van der Waals surface area (Å²) in [5.74, 6) is 0.295. The van der Waals surface area contributed by atoms with Gasteiger partial charge in [0.1, 0.15) is 17.9 Å². The van der Waals surface area contributed by atoms with Gasteiger partial charge < -0.3 is 9.15 Å². The lowest BCUT2D eigenvalue weighted by Gasteiger charge is -2.17. The topological polar surface area (TPSA) is 56.5 Å². The fraction of sp³-hybridized carbons (Fsp3) is 0.412. The van der Waals surface area contributed by atoms with Gasteiger partial charge in [0.15, 0.2) is 5.78 Å². The average Bonchev–Trinajstić information content (AvgIpc) is 2.42. The molecular formula is C17H19ClO4. The number of Topliss-reactive ketones (excluding diaryl/α,β-unsaturated/α-hetero) is 1. The van der Waals surface area contributed by atoms with Gasteiger partial charge in [-0.25, -0.2) is 4.79 Å². The van der Waals surface area contributed by atoms with E-state index >= 15 is 0 Å². The molecule has 0 aliphatic rings. The second-order valence-electron chi connectivity index (χ2n) is 6.38. The molecule has 1 aromatic heterocycles. The minimum Gasteiger partial charge on any atom is -0.484 e. The second-order valence-corrected chi connectivity index (χ2v) is 6.79. The fourth-order valence-corrected chi connectivity index (χ4v) is 2.13. The Morgan fingerprint density at radius 2 is 1.86 bits per heavy atom. The number of carbonyl (C=O) groups excluding carboxylic acids is 1. The number of hydrogen-bond acceptors (Lipinski definition) is 4. The van der Waals surface area contributed by atoms with Gasteiger partial charge in [-0.3, -0.25) is 4.79 Å². The predicted octanol–water partition coefficient (Wildman–Crippen LogP) is 4.06. The molecule has 0 aliphatic heterocycles. The van der Waals surface area contributed by atoms with Crippen LogP contribution in [0.4, 0.5) is 0 Å². The number of fused-ring (bicyclic) bond motifs is 1. The third-order valence-electron chi connectivity index (χ3n) is 3.70. The summed E-state index contributed by atoms with van der Waals surface area (Å²) in [4.78, 5) is 23.7. The van der Waals surface area contributed by atoms with E-state index in [0.29, 0.717) is 21.9 Å². The number of benzene rings is 1. The van der Waals surface area contributed by atoms with Gasteiger partial charge in [-0.15, -0.1) is 0 Å². The van der Waals surface area contributed by atoms with Crippen molar-refractivity contribution in [1.82, 2.24) is 0 Å². The maximum absolute atomic E-state index is 11.9. The molecule has 0 fully saturated rings. The Bertz CT molecular complexity index is 797. The highest BCUT2D eigenvalue weighted by Crippen LogP contribution is 2.32. The Labute approximate surface area is 134 Å². The minimum absolute atomic E-state index is 0.0368. The van der Waals surface area contributed by atoms with Crippen LogP contribution in [0.2, 0.25) is 5.02 Å². The molecule has 0 aliphatic carbocycles. The third kappa shape index (κ3) is 3.17. The van der Waals surface area contributed by atoms with E-state index in [-0.39, 0.29) is 18.0 Å². The van der Waals surface area contributed by atoms with E-state index in [2.05, 4.69) is 0 Å². The molecule has 1 aromatic carbocycles. The number of hydrogen-bond donors (Lipinski definition) is 0. The van der Waals surface area contributed by atoms with Gasteiger partial charge in [0.05, 0.1) is 5.02 Å². The van der Waals surface area contributed by atoms with E-state index in [1.54, 1.807) is 19.1 Å². The van der Waals surface area contributed by atoms with Crippen molar-refractivity contribution in [3.8, 4) is 5.75 Å². The third-order valence-corrected chi connectivity index (χ3v) is 4.00. The molecule has 4 nitrogen and oxygen atoms in total. The molecule has 0 atom stereocenters. The average molecular weight is 323 g/mol. The summed E-state index contributed by atoms with van der Waals surface area (Å²) in [5, 5.41) is 1.14. The highest BCUT2D eigenvalue weighted by atomic mass is 35.5. The maximum Gasteiger partial charge on any atom is 0.339 e. The van der Waals surface area contributed by atoms with Gasteiger partial charge in [0.2, 0.25) is 0 Å². The second kappa shape index (κ2) is 5.76. The molecule has 2 aromatic rings. The van der Waals surface area contributed by atoms with Crippen molar-refractivity contribution in [3.05, 3.63) is 38.7 Å². The van der Waals surface area contributed by atoms with Gasteiger partial charge in [-0.05, 0) is 25.5 Å². The number of halogens is 1. The van der Waals surface area contributed by atoms with E-state index in [4.69, 9.17) is 20.8 Å². The van der Waals surface area contributed by atoms with Gasteiger partial charge in [-0.2, -0.15) is 0 Å². The zero-order valence-corrected chi connectivity index (χ0v) is 14.1. The van der Waals surface area contributed by atoms with Crippen LogP contribution in [-0.2, 0) is 4.79 Å². The quantitative estimate of drug-likeness (QED) is 0.800.